The van der Waals surface area contributed by atoms with Gasteiger partial charge in [0, 0.05) is 11.6 Å². The fraction of sp³-hybridized carbons (Fsp3) is 0.381. The van der Waals surface area contributed by atoms with Crippen LogP contribution in [0.2, 0.25) is 0 Å². The van der Waals surface area contributed by atoms with E-state index < -0.39 is 21.5 Å². The zero-order valence-corrected chi connectivity index (χ0v) is 18.9. The summed E-state index contributed by atoms with van der Waals surface area (Å²) in [6.07, 6.45) is 0. The monoisotopic (exact) mass is 436 g/mol. The number of hydrogen-bond donors (Lipinski definition) is 1. The molecule has 0 radical (unpaired) electrons. The summed E-state index contributed by atoms with van der Waals surface area (Å²) in [5.74, 6) is 0.814. The Bertz CT molecular complexity index is 982. The number of carbonyl (C=O) groups excluding carboxylic acids is 1. The second-order valence-electron chi connectivity index (χ2n) is 7.52. The summed E-state index contributed by atoms with van der Waals surface area (Å²) in [4.78, 5) is 12.6. The summed E-state index contributed by atoms with van der Waals surface area (Å²) in [5, 5.41) is 2.79. The van der Waals surface area contributed by atoms with Crippen LogP contribution in [0.1, 0.15) is 20.8 Å². The molecule has 0 fully saturated rings. The topological polar surface area (TPSA) is 94.2 Å². The minimum atomic E-state index is -4.09. The Balaban J connectivity index is 2.52. The van der Waals surface area contributed by atoms with Gasteiger partial charge in [-0.1, -0.05) is 0 Å². The molecule has 1 N–H and O–H groups in total. The van der Waals surface area contributed by atoms with E-state index in [4.69, 9.17) is 14.2 Å². The van der Waals surface area contributed by atoms with Gasteiger partial charge in [-0.2, -0.15) is 0 Å². The van der Waals surface area contributed by atoms with Crippen molar-refractivity contribution in [2.45, 2.75) is 31.2 Å². The Hall–Kier alpha value is -2.94. The highest BCUT2D eigenvalue weighted by Crippen LogP contribution is 2.32. The first-order valence-electron chi connectivity index (χ1n) is 9.21. The van der Waals surface area contributed by atoms with Gasteiger partial charge in [-0.25, -0.2) is 8.42 Å². The fourth-order valence-electron chi connectivity index (χ4n) is 2.76. The number of anilines is 1. The molecule has 30 heavy (non-hydrogen) atoms. The lowest BCUT2D eigenvalue weighted by Crippen LogP contribution is -2.47. The molecule has 0 bridgehead atoms. The molecule has 0 aromatic heterocycles. The van der Waals surface area contributed by atoms with Crippen LogP contribution >= 0.6 is 0 Å². The minimum absolute atomic E-state index is 0.0282. The predicted octanol–water partition coefficient (Wildman–Crippen LogP) is 2.82. The average Bonchev–Trinajstić information content (AvgIpc) is 2.70. The molecule has 0 aliphatic carbocycles. The predicted molar refractivity (Wildman–Crippen MR) is 115 cm³/mol. The molecular weight excluding hydrogens is 408 g/mol. The third kappa shape index (κ3) is 5.56. The van der Waals surface area contributed by atoms with E-state index in [-0.39, 0.29) is 17.2 Å². The molecular formula is C21H28N2O6S. The first kappa shape index (κ1) is 23.3. The quantitative estimate of drug-likeness (QED) is 0.684. The van der Waals surface area contributed by atoms with Gasteiger partial charge in [0.25, 0.3) is 10.0 Å². The largest absolute Gasteiger partial charge is 0.497 e. The SMILES string of the molecule is COc1ccc(N(CC(=O)NC(C)(C)C)S(=O)(=O)c2ccc(OC)c(OC)c2)cc1. The number of rotatable bonds is 8. The van der Waals surface area contributed by atoms with Crippen molar-refractivity contribution in [3.8, 4) is 17.2 Å². The summed E-state index contributed by atoms with van der Waals surface area (Å²) in [5.41, 5.74) is -0.176. The normalized spacial score (nSPS) is 11.5. The number of sulfonamides is 1. The molecule has 2 rings (SSSR count). The highest BCUT2D eigenvalue weighted by atomic mass is 32.2. The van der Waals surface area contributed by atoms with Gasteiger partial charge in [0.05, 0.1) is 31.9 Å². The zero-order valence-electron chi connectivity index (χ0n) is 18.1. The number of carbonyl (C=O) groups is 1. The zero-order chi connectivity index (χ0) is 22.5. The van der Waals surface area contributed by atoms with Crippen LogP contribution in [0.5, 0.6) is 17.2 Å². The Kier molecular flexibility index (Phi) is 7.20. The number of nitrogens with zero attached hydrogens (tertiary/aromatic N) is 1. The molecule has 0 atom stereocenters. The van der Waals surface area contributed by atoms with Crippen LogP contribution in [0, 0.1) is 0 Å². The maximum atomic E-state index is 13.5. The number of benzene rings is 2. The summed E-state index contributed by atoms with van der Waals surface area (Å²) in [6.45, 7) is 5.09. The molecule has 164 valence electrons. The van der Waals surface area contributed by atoms with Gasteiger partial charge in [0.2, 0.25) is 5.91 Å². The molecule has 0 aliphatic rings. The van der Waals surface area contributed by atoms with Gasteiger partial charge in [-0.05, 0) is 57.2 Å². The molecule has 0 saturated carbocycles. The molecule has 0 saturated heterocycles. The molecule has 2 aromatic carbocycles. The molecule has 9 heteroatoms. The Morgan fingerprint density at radius 3 is 2.03 bits per heavy atom. The number of ether oxygens (including phenoxy) is 3. The van der Waals surface area contributed by atoms with Crippen molar-refractivity contribution in [2.24, 2.45) is 0 Å². The first-order valence-corrected chi connectivity index (χ1v) is 10.7. The second-order valence-corrected chi connectivity index (χ2v) is 9.39. The van der Waals surface area contributed by atoms with E-state index in [1.165, 1.54) is 39.5 Å². The van der Waals surface area contributed by atoms with E-state index in [0.29, 0.717) is 17.2 Å². The molecule has 0 unspecified atom stereocenters. The van der Waals surface area contributed by atoms with Crippen molar-refractivity contribution in [2.75, 3.05) is 32.2 Å². The molecule has 2 aromatic rings. The fourth-order valence-corrected chi connectivity index (χ4v) is 4.19. The van der Waals surface area contributed by atoms with Crippen molar-refractivity contribution in [3.05, 3.63) is 42.5 Å². The standard InChI is InChI=1S/C21H28N2O6S/c1-21(2,3)22-20(24)14-23(15-7-9-16(27-4)10-8-15)30(25,26)17-11-12-18(28-5)19(13-17)29-6/h7-13H,14H2,1-6H3,(H,22,24). The third-order valence-electron chi connectivity index (χ3n) is 4.11. The van der Waals surface area contributed by atoms with Crippen molar-refractivity contribution in [1.29, 1.82) is 0 Å². The van der Waals surface area contributed by atoms with Crippen molar-refractivity contribution < 1.29 is 27.4 Å². The molecule has 0 aliphatic heterocycles. The average molecular weight is 437 g/mol. The van der Waals surface area contributed by atoms with Crippen molar-refractivity contribution in [1.82, 2.24) is 5.32 Å². The van der Waals surface area contributed by atoms with E-state index in [2.05, 4.69) is 5.32 Å². The Morgan fingerprint density at radius 1 is 0.933 bits per heavy atom. The number of amides is 1. The van der Waals surface area contributed by atoms with Gasteiger partial charge in [-0.15, -0.1) is 0 Å². The third-order valence-corrected chi connectivity index (χ3v) is 5.87. The first-order chi connectivity index (χ1) is 14.0. The Morgan fingerprint density at radius 2 is 1.53 bits per heavy atom. The van der Waals surface area contributed by atoms with Crippen LogP contribution in [0.15, 0.2) is 47.4 Å². The summed E-state index contributed by atoms with van der Waals surface area (Å²) in [6, 6.07) is 10.7. The highest BCUT2D eigenvalue weighted by Gasteiger charge is 2.29. The van der Waals surface area contributed by atoms with E-state index in [9.17, 15) is 13.2 Å². The number of hydrogen-bond acceptors (Lipinski definition) is 6. The van der Waals surface area contributed by atoms with Crippen molar-refractivity contribution in [3.63, 3.8) is 0 Å². The summed E-state index contributed by atoms with van der Waals surface area (Å²) < 4.78 is 43.6. The lowest BCUT2D eigenvalue weighted by atomic mass is 10.1. The summed E-state index contributed by atoms with van der Waals surface area (Å²) in [7, 11) is 0.320. The van der Waals surface area contributed by atoms with Crippen LogP contribution in [-0.2, 0) is 14.8 Å². The van der Waals surface area contributed by atoms with Gasteiger partial charge >= 0.3 is 0 Å². The molecule has 1 amide bonds. The lowest BCUT2D eigenvalue weighted by molar-refractivity contribution is -0.121. The molecule has 0 heterocycles. The van der Waals surface area contributed by atoms with Gasteiger partial charge in [-0.3, -0.25) is 9.10 Å². The van der Waals surface area contributed by atoms with Crippen LogP contribution in [-0.4, -0.2) is 47.7 Å². The second kappa shape index (κ2) is 9.25. The maximum absolute atomic E-state index is 13.5. The van der Waals surface area contributed by atoms with E-state index in [1.54, 1.807) is 24.3 Å². The van der Waals surface area contributed by atoms with E-state index >= 15 is 0 Å². The molecule has 0 spiro atoms. The highest BCUT2D eigenvalue weighted by molar-refractivity contribution is 7.92. The van der Waals surface area contributed by atoms with E-state index in [0.717, 1.165) is 4.31 Å². The van der Waals surface area contributed by atoms with Gasteiger partial charge < -0.3 is 19.5 Å². The van der Waals surface area contributed by atoms with Gasteiger partial charge in [0.1, 0.15) is 12.3 Å². The lowest BCUT2D eigenvalue weighted by Gasteiger charge is -2.27. The van der Waals surface area contributed by atoms with Crippen LogP contribution in [0.3, 0.4) is 0 Å². The Labute approximate surface area is 177 Å². The van der Waals surface area contributed by atoms with Gasteiger partial charge in [0.15, 0.2) is 11.5 Å². The maximum Gasteiger partial charge on any atom is 0.264 e. The van der Waals surface area contributed by atoms with Crippen LogP contribution in [0.25, 0.3) is 0 Å². The van der Waals surface area contributed by atoms with E-state index in [1.807, 2.05) is 20.8 Å². The van der Waals surface area contributed by atoms with Crippen molar-refractivity contribution >= 4 is 21.6 Å². The minimum Gasteiger partial charge on any atom is -0.497 e. The number of nitrogens with one attached hydrogen (secondary N) is 1. The smallest absolute Gasteiger partial charge is 0.264 e. The van der Waals surface area contributed by atoms with Crippen LogP contribution in [0.4, 0.5) is 5.69 Å². The summed E-state index contributed by atoms with van der Waals surface area (Å²) >= 11 is 0. The number of methoxy groups -OCH3 is 3. The molecule has 8 nitrogen and oxygen atoms in total. The van der Waals surface area contributed by atoms with Crippen LogP contribution < -0.4 is 23.8 Å².